The molecule has 0 saturated heterocycles. The minimum atomic E-state index is -0.914. The Labute approximate surface area is 130 Å². The molecular formula is C13H13N5O3S. The molecule has 114 valence electrons. The van der Waals surface area contributed by atoms with Crippen LogP contribution in [0.5, 0.6) is 0 Å². The van der Waals surface area contributed by atoms with Crippen LogP contribution in [0, 0.1) is 0 Å². The van der Waals surface area contributed by atoms with E-state index in [2.05, 4.69) is 20.4 Å². The van der Waals surface area contributed by atoms with E-state index in [9.17, 15) is 9.59 Å². The number of thioether (sulfide) groups is 1. The van der Waals surface area contributed by atoms with Crippen LogP contribution in [0.25, 0.3) is 5.82 Å². The van der Waals surface area contributed by atoms with Gasteiger partial charge in [-0.15, -0.1) is 0 Å². The lowest BCUT2D eigenvalue weighted by atomic mass is 10.4. The summed E-state index contributed by atoms with van der Waals surface area (Å²) in [6.45, 7) is 0. The zero-order chi connectivity index (χ0) is 15.5. The molecule has 8 nitrogen and oxygen atoms in total. The Kier molecular flexibility index (Phi) is 4.05. The number of carbonyl (C=O) groups excluding carboxylic acids is 1. The first-order valence-corrected chi connectivity index (χ1v) is 7.64. The van der Waals surface area contributed by atoms with E-state index < -0.39 is 5.97 Å². The maximum atomic E-state index is 11.9. The first-order chi connectivity index (χ1) is 10.6. The number of hydrogen-bond acceptors (Lipinski definition) is 6. The van der Waals surface area contributed by atoms with E-state index >= 15 is 0 Å². The van der Waals surface area contributed by atoms with E-state index in [0.29, 0.717) is 16.5 Å². The highest BCUT2D eigenvalue weighted by Crippen LogP contribution is 2.19. The van der Waals surface area contributed by atoms with Crippen LogP contribution in [-0.2, 0) is 4.79 Å². The van der Waals surface area contributed by atoms with Crippen molar-refractivity contribution in [3.8, 4) is 5.82 Å². The van der Waals surface area contributed by atoms with Gasteiger partial charge in [0.2, 0.25) is 0 Å². The lowest BCUT2D eigenvalue weighted by molar-refractivity contribution is -0.133. The molecule has 0 spiro atoms. The van der Waals surface area contributed by atoms with Crippen molar-refractivity contribution in [1.29, 1.82) is 0 Å². The molecule has 0 unspecified atom stereocenters. The quantitative estimate of drug-likeness (QED) is 0.596. The zero-order valence-corrected chi connectivity index (χ0v) is 12.3. The van der Waals surface area contributed by atoms with Crippen LogP contribution in [0.3, 0.4) is 0 Å². The van der Waals surface area contributed by atoms with Crippen LogP contribution in [-0.4, -0.2) is 48.5 Å². The zero-order valence-electron chi connectivity index (χ0n) is 11.5. The highest BCUT2D eigenvalue weighted by Gasteiger charge is 2.24. The van der Waals surface area contributed by atoms with Gasteiger partial charge in [-0.05, 0) is 18.9 Å². The van der Waals surface area contributed by atoms with Gasteiger partial charge in [0.1, 0.15) is 11.4 Å². The molecule has 3 rings (SSSR count). The maximum absolute atomic E-state index is 11.9. The van der Waals surface area contributed by atoms with E-state index in [1.807, 2.05) is 0 Å². The first kappa shape index (κ1) is 14.5. The van der Waals surface area contributed by atoms with Gasteiger partial charge in [0.15, 0.2) is 11.5 Å². The van der Waals surface area contributed by atoms with Crippen LogP contribution in [0.4, 0.5) is 0 Å². The normalized spacial score (nSPS) is 13.8. The molecule has 2 aromatic rings. The topological polar surface area (TPSA) is 110 Å². The SMILES string of the molecule is O=C(O)CSc1cc(-n2ccc(C(=O)NC3CC3)n2)ncn1. The standard InChI is InChI=1S/C13H13N5O3S/c19-12(20)6-22-11-5-10(14-7-15-11)18-4-3-9(17-18)13(21)16-8-1-2-8/h3-5,7-8H,1-2,6H2,(H,16,21)(H,19,20). The van der Waals surface area contributed by atoms with Gasteiger partial charge < -0.3 is 10.4 Å². The Morgan fingerprint density at radius 1 is 1.41 bits per heavy atom. The Morgan fingerprint density at radius 3 is 2.95 bits per heavy atom. The molecular weight excluding hydrogens is 306 g/mol. The minimum Gasteiger partial charge on any atom is -0.481 e. The van der Waals surface area contributed by atoms with Crippen LogP contribution >= 0.6 is 11.8 Å². The summed E-state index contributed by atoms with van der Waals surface area (Å²) >= 11 is 1.10. The minimum absolute atomic E-state index is 0.0788. The molecule has 2 N–H and O–H groups in total. The highest BCUT2D eigenvalue weighted by atomic mass is 32.2. The average molecular weight is 319 g/mol. The summed E-state index contributed by atoms with van der Waals surface area (Å²) in [4.78, 5) is 30.5. The summed E-state index contributed by atoms with van der Waals surface area (Å²) in [5, 5.41) is 16.3. The van der Waals surface area contributed by atoms with E-state index in [0.717, 1.165) is 24.6 Å². The lowest BCUT2D eigenvalue weighted by Gasteiger charge is -2.02. The third kappa shape index (κ3) is 3.61. The van der Waals surface area contributed by atoms with Crippen molar-refractivity contribution in [3.63, 3.8) is 0 Å². The molecule has 2 heterocycles. The van der Waals surface area contributed by atoms with Gasteiger partial charge in [0.05, 0.1) is 5.75 Å². The number of hydrogen-bond donors (Lipinski definition) is 2. The molecule has 1 fully saturated rings. The van der Waals surface area contributed by atoms with Crippen molar-refractivity contribution in [2.75, 3.05) is 5.75 Å². The molecule has 1 amide bonds. The maximum Gasteiger partial charge on any atom is 0.313 e. The highest BCUT2D eigenvalue weighted by molar-refractivity contribution is 7.99. The summed E-state index contributed by atoms with van der Waals surface area (Å²) in [5.41, 5.74) is 0.324. The number of amides is 1. The summed E-state index contributed by atoms with van der Waals surface area (Å²) in [6.07, 6.45) is 5.01. The van der Waals surface area contributed by atoms with Crippen LogP contribution in [0.2, 0.25) is 0 Å². The van der Waals surface area contributed by atoms with Crippen LogP contribution < -0.4 is 5.32 Å². The van der Waals surface area contributed by atoms with Crippen molar-refractivity contribution in [1.82, 2.24) is 25.1 Å². The van der Waals surface area contributed by atoms with Gasteiger partial charge in [0.25, 0.3) is 5.91 Å². The second kappa shape index (κ2) is 6.14. The second-order valence-electron chi connectivity index (χ2n) is 4.79. The fourth-order valence-corrected chi connectivity index (χ4v) is 2.31. The molecule has 9 heteroatoms. The van der Waals surface area contributed by atoms with Gasteiger partial charge in [0, 0.05) is 18.3 Å². The number of aliphatic carboxylic acids is 1. The third-order valence-electron chi connectivity index (χ3n) is 2.94. The second-order valence-corrected chi connectivity index (χ2v) is 5.79. The van der Waals surface area contributed by atoms with Crippen molar-refractivity contribution in [3.05, 3.63) is 30.4 Å². The number of rotatable bonds is 6. The summed E-state index contributed by atoms with van der Waals surface area (Å²) < 4.78 is 1.47. The smallest absolute Gasteiger partial charge is 0.313 e. The fraction of sp³-hybridized carbons (Fsp3) is 0.308. The number of nitrogens with one attached hydrogen (secondary N) is 1. The number of carboxylic acids is 1. The molecule has 0 bridgehead atoms. The number of carbonyl (C=O) groups is 2. The summed E-state index contributed by atoms with van der Waals surface area (Å²) in [6, 6.07) is 3.52. The van der Waals surface area contributed by atoms with Gasteiger partial charge in [-0.3, -0.25) is 9.59 Å². The van der Waals surface area contributed by atoms with E-state index in [4.69, 9.17) is 5.11 Å². The van der Waals surface area contributed by atoms with Gasteiger partial charge in [-0.1, -0.05) is 11.8 Å². The molecule has 22 heavy (non-hydrogen) atoms. The summed E-state index contributed by atoms with van der Waals surface area (Å²) in [5.74, 6) is -0.711. The molecule has 1 aliphatic carbocycles. The van der Waals surface area contributed by atoms with Gasteiger partial charge in [-0.2, -0.15) is 5.10 Å². The molecule has 2 aromatic heterocycles. The van der Waals surface area contributed by atoms with Gasteiger partial charge >= 0.3 is 5.97 Å². The van der Waals surface area contributed by atoms with E-state index in [1.54, 1.807) is 18.3 Å². The molecule has 1 saturated carbocycles. The van der Waals surface area contributed by atoms with Crippen molar-refractivity contribution in [2.24, 2.45) is 0 Å². The van der Waals surface area contributed by atoms with Crippen LogP contribution in [0.15, 0.2) is 29.7 Å². The fourth-order valence-electron chi connectivity index (χ4n) is 1.73. The molecule has 0 atom stereocenters. The Balaban J connectivity index is 1.73. The molecule has 1 aliphatic rings. The monoisotopic (exact) mass is 319 g/mol. The number of nitrogens with zero attached hydrogens (tertiary/aromatic N) is 4. The first-order valence-electron chi connectivity index (χ1n) is 6.65. The average Bonchev–Trinajstić information content (AvgIpc) is 3.17. The number of carboxylic acid groups (broad SMARTS) is 1. The van der Waals surface area contributed by atoms with E-state index in [-0.39, 0.29) is 17.7 Å². The van der Waals surface area contributed by atoms with Gasteiger partial charge in [-0.25, -0.2) is 14.6 Å². The van der Waals surface area contributed by atoms with Crippen LogP contribution in [0.1, 0.15) is 23.3 Å². The number of aromatic nitrogens is 4. The van der Waals surface area contributed by atoms with Crippen molar-refractivity contribution < 1.29 is 14.7 Å². The predicted octanol–water partition coefficient (Wildman–Crippen LogP) is 0.731. The largest absolute Gasteiger partial charge is 0.481 e. The molecule has 0 aliphatic heterocycles. The third-order valence-corrected chi connectivity index (χ3v) is 3.85. The van der Waals surface area contributed by atoms with Crippen molar-refractivity contribution in [2.45, 2.75) is 23.9 Å². The summed E-state index contributed by atoms with van der Waals surface area (Å²) in [7, 11) is 0. The lowest BCUT2D eigenvalue weighted by Crippen LogP contribution is -2.25. The Bertz CT molecular complexity index is 713. The predicted molar refractivity (Wildman–Crippen MR) is 78.0 cm³/mol. The van der Waals surface area contributed by atoms with E-state index in [1.165, 1.54) is 11.0 Å². The molecule has 0 aromatic carbocycles. The molecule has 0 radical (unpaired) electrons. The Morgan fingerprint density at radius 2 is 2.23 bits per heavy atom. The van der Waals surface area contributed by atoms with Crippen molar-refractivity contribution >= 4 is 23.6 Å². The Hall–Kier alpha value is -2.42.